The number of hydrogen-bond acceptors (Lipinski definition) is 7. The molecule has 0 saturated heterocycles. The number of carbonyl (C=O) groups excluding carboxylic acids is 2. The smallest absolute Gasteiger partial charge is 0.333 e. The van der Waals surface area contributed by atoms with Gasteiger partial charge in [0, 0.05) is 16.6 Å². The second-order valence-corrected chi connectivity index (χ2v) is 16.7. The van der Waals surface area contributed by atoms with E-state index in [1.807, 2.05) is 6.92 Å². The van der Waals surface area contributed by atoms with Crippen LogP contribution in [0.2, 0.25) is 0 Å². The zero-order valence-corrected chi connectivity index (χ0v) is 34.7. The molecule has 0 heterocycles. The van der Waals surface area contributed by atoms with Crippen molar-refractivity contribution in [2.24, 2.45) is 23.2 Å². The van der Waals surface area contributed by atoms with E-state index in [0.717, 1.165) is 46.3 Å². The Balaban J connectivity index is 1.53. The molecular formula is C49H68O7. The van der Waals surface area contributed by atoms with Crippen LogP contribution >= 0.6 is 0 Å². The Morgan fingerprint density at radius 1 is 0.786 bits per heavy atom. The summed E-state index contributed by atoms with van der Waals surface area (Å²) in [4.78, 5) is 24.2. The summed E-state index contributed by atoms with van der Waals surface area (Å²) >= 11 is 0. The number of esters is 2. The number of ether oxygens (including phenoxy) is 3. The van der Waals surface area contributed by atoms with E-state index in [4.69, 9.17) is 14.2 Å². The van der Waals surface area contributed by atoms with E-state index in [9.17, 15) is 19.8 Å². The predicted octanol–water partition coefficient (Wildman–Crippen LogP) is 10.6. The monoisotopic (exact) mass is 768 g/mol. The molecule has 0 spiro atoms. The lowest BCUT2D eigenvalue weighted by Crippen LogP contribution is -2.28. The van der Waals surface area contributed by atoms with Crippen LogP contribution in [0.5, 0.6) is 5.75 Å². The zero-order valence-electron chi connectivity index (χ0n) is 34.7. The second kappa shape index (κ2) is 22.7. The molecule has 2 aromatic rings. The minimum atomic E-state index is -0.674. The molecule has 0 aromatic heterocycles. The first kappa shape index (κ1) is 44.8. The highest BCUT2D eigenvalue weighted by atomic mass is 16.5. The molecule has 1 unspecified atom stereocenters. The van der Waals surface area contributed by atoms with Crippen molar-refractivity contribution in [2.75, 3.05) is 33.0 Å². The highest BCUT2D eigenvalue weighted by Gasteiger charge is 2.27. The maximum Gasteiger partial charge on any atom is 0.333 e. The number of rotatable bonds is 23. The van der Waals surface area contributed by atoms with Crippen molar-refractivity contribution >= 4 is 17.5 Å². The van der Waals surface area contributed by atoms with Crippen LogP contribution in [0.25, 0.3) is 16.7 Å². The standard InChI is InChI=1S/C49H68O7/c1-7-8-9-12-37-15-17-38(18-16-37)39-19-21-40(22-20-39)41-23-25-42(26-24-41)45-31-43(13-10-28-55-47(52)35(2)3)46(54-30-27-49(6,33-50)34-51)44(32-45)14-11-29-56-48(53)36(4)5/h19,21-26,31-32,37-39,50-51H,2,4,7-18,20,27-30,33-34H2,1,3,5-6H3. The molecule has 0 aliphatic heterocycles. The number of unbranched alkanes of at least 4 members (excludes halogenated alkanes) is 2. The summed E-state index contributed by atoms with van der Waals surface area (Å²) in [6.07, 6.45) is 22.1. The SMILES string of the molecule is C=C(C)C(=O)OCCCc1cc(-c2ccc(C3=CCC(C4CCC(CCCCC)CC4)C=C3)cc2)cc(CCCOC(=O)C(=C)C)c1OCCC(C)(CO)CO. The van der Waals surface area contributed by atoms with E-state index in [-0.39, 0.29) is 26.4 Å². The number of aliphatic hydroxyl groups is 2. The van der Waals surface area contributed by atoms with E-state index in [2.05, 4.69) is 74.7 Å². The van der Waals surface area contributed by atoms with E-state index in [1.54, 1.807) is 13.8 Å². The molecule has 4 rings (SSSR count). The second-order valence-electron chi connectivity index (χ2n) is 16.7. The molecule has 1 atom stereocenters. The molecule has 0 bridgehead atoms. The molecule has 1 saturated carbocycles. The Bertz CT molecular complexity index is 1600. The molecule has 56 heavy (non-hydrogen) atoms. The van der Waals surface area contributed by atoms with Crippen molar-refractivity contribution in [3.63, 3.8) is 0 Å². The molecule has 1 fully saturated rings. The van der Waals surface area contributed by atoms with Gasteiger partial charge in [0.05, 0.1) is 33.0 Å². The summed E-state index contributed by atoms with van der Waals surface area (Å²) in [6.45, 7) is 15.2. The minimum Gasteiger partial charge on any atom is -0.493 e. The fourth-order valence-electron chi connectivity index (χ4n) is 7.83. The fourth-order valence-corrected chi connectivity index (χ4v) is 7.83. The first-order valence-corrected chi connectivity index (χ1v) is 21.1. The minimum absolute atomic E-state index is 0.156. The Labute approximate surface area is 336 Å². The number of allylic oxidation sites excluding steroid dienone is 4. The fraction of sp³-hybridized carbons (Fsp3) is 0.551. The summed E-state index contributed by atoms with van der Waals surface area (Å²) in [5, 5.41) is 19.8. The van der Waals surface area contributed by atoms with Gasteiger partial charge in [-0.25, -0.2) is 9.59 Å². The highest BCUT2D eigenvalue weighted by molar-refractivity contribution is 5.87. The first-order valence-electron chi connectivity index (χ1n) is 21.1. The van der Waals surface area contributed by atoms with E-state index in [1.165, 1.54) is 62.5 Å². The van der Waals surface area contributed by atoms with Gasteiger partial charge < -0.3 is 24.4 Å². The van der Waals surface area contributed by atoms with Gasteiger partial charge in [0.25, 0.3) is 0 Å². The van der Waals surface area contributed by atoms with E-state index >= 15 is 0 Å². The summed E-state index contributed by atoms with van der Waals surface area (Å²) in [7, 11) is 0. The number of hydrogen-bond donors (Lipinski definition) is 2. The molecule has 7 heteroatoms. The van der Waals surface area contributed by atoms with Crippen molar-refractivity contribution in [1.29, 1.82) is 0 Å². The molecule has 2 aliphatic carbocycles. The van der Waals surface area contributed by atoms with Crippen LogP contribution in [0.3, 0.4) is 0 Å². The van der Waals surface area contributed by atoms with Crippen molar-refractivity contribution in [2.45, 2.75) is 118 Å². The maximum absolute atomic E-state index is 12.1. The summed E-state index contributed by atoms with van der Waals surface area (Å²) < 4.78 is 17.3. The van der Waals surface area contributed by atoms with Gasteiger partial charge in [0.1, 0.15) is 5.75 Å². The van der Waals surface area contributed by atoms with Gasteiger partial charge in [0.2, 0.25) is 0 Å². The lowest BCUT2D eigenvalue weighted by Gasteiger charge is -2.33. The van der Waals surface area contributed by atoms with E-state index in [0.29, 0.717) is 55.8 Å². The normalized spacial score (nSPS) is 18.2. The third kappa shape index (κ3) is 13.6. The van der Waals surface area contributed by atoms with Gasteiger partial charge >= 0.3 is 11.9 Å². The topological polar surface area (TPSA) is 102 Å². The molecule has 0 radical (unpaired) electrons. The lowest BCUT2D eigenvalue weighted by molar-refractivity contribution is -0.139. The Hall–Kier alpha value is -3.94. The average Bonchev–Trinajstić information content (AvgIpc) is 3.21. The Morgan fingerprint density at radius 3 is 1.86 bits per heavy atom. The molecule has 0 amide bonds. The van der Waals surface area contributed by atoms with Crippen LogP contribution in [0.4, 0.5) is 0 Å². The maximum atomic E-state index is 12.1. The summed E-state index contributed by atoms with van der Waals surface area (Å²) in [6, 6.07) is 13.1. The third-order valence-electron chi connectivity index (χ3n) is 11.7. The largest absolute Gasteiger partial charge is 0.493 e. The van der Waals surface area contributed by atoms with Crippen LogP contribution in [-0.2, 0) is 31.9 Å². The van der Waals surface area contributed by atoms with Crippen LogP contribution < -0.4 is 4.74 Å². The average molecular weight is 769 g/mol. The predicted molar refractivity (Wildman–Crippen MR) is 227 cm³/mol. The van der Waals surface area contributed by atoms with Crippen LogP contribution in [-0.4, -0.2) is 55.2 Å². The Kier molecular flexibility index (Phi) is 18.2. The van der Waals surface area contributed by atoms with Crippen molar-refractivity contribution in [1.82, 2.24) is 0 Å². The van der Waals surface area contributed by atoms with Gasteiger partial charge in [-0.3, -0.25) is 0 Å². The number of carbonyl (C=O) groups is 2. The van der Waals surface area contributed by atoms with Gasteiger partial charge in [-0.05, 0) is 128 Å². The molecule has 2 aromatic carbocycles. The first-order chi connectivity index (χ1) is 27.0. The van der Waals surface area contributed by atoms with Gasteiger partial charge in [-0.1, -0.05) is 108 Å². The molecule has 2 N–H and O–H groups in total. The van der Waals surface area contributed by atoms with E-state index < -0.39 is 17.4 Å². The summed E-state index contributed by atoms with van der Waals surface area (Å²) in [5.74, 6) is 2.29. The lowest BCUT2D eigenvalue weighted by atomic mass is 9.72. The van der Waals surface area contributed by atoms with Gasteiger partial charge in [-0.2, -0.15) is 0 Å². The number of aryl methyl sites for hydroxylation is 2. The summed E-state index contributed by atoms with van der Waals surface area (Å²) in [5.41, 5.74) is 6.59. The van der Waals surface area contributed by atoms with Crippen LogP contribution in [0.15, 0.2) is 78.9 Å². The molecule has 7 nitrogen and oxygen atoms in total. The third-order valence-corrected chi connectivity index (χ3v) is 11.7. The molecular weight excluding hydrogens is 701 g/mol. The van der Waals surface area contributed by atoms with Crippen molar-refractivity contribution < 1.29 is 34.0 Å². The number of benzene rings is 2. The van der Waals surface area contributed by atoms with Crippen molar-refractivity contribution in [3.8, 4) is 16.9 Å². The van der Waals surface area contributed by atoms with Gasteiger partial charge in [-0.15, -0.1) is 0 Å². The highest BCUT2D eigenvalue weighted by Crippen LogP contribution is 2.40. The zero-order chi connectivity index (χ0) is 40.5. The quantitative estimate of drug-likeness (QED) is 0.0659. The van der Waals surface area contributed by atoms with Crippen LogP contribution in [0.1, 0.15) is 121 Å². The molecule has 2 aliphatic rings. The van der Waals surface area contributed by atoms with Crippen LogP contribution in [0, 0.1) is 23.2 Å². The number of aliphatic hydroxyl groups excluding tert-OH is 2. The van der Waals surface area contributed by atoms with Gasteiger partial charge in [0.15, 0.2) is 0 Å². The Morgan fingerprint density at radius 2 is 1.36 bits per heavy atom. The molecule has 306 valence electrons. The van der Waals surface area contributed by atoms with Crippen molar-refractivity contribution in [3.05, 3.63) is 95.6 Å².